The molecule has 0 atom stereocenters. The van der Waals surface area contributed by atoms with Crippen molar-refractivity contribution in [1.29, 1.82) is 0 Å². The van der Waals surface area contributed by atoms with Gasteiger partial charge in [0.15, 0.2) is 11.0 Å². The highest BCUT2D eigenvalue weighted by atomic mass is 35.5. The number of H-pyrrole nitrogens is 2. The van der Waals surface area contributed by atoms with Gasteiger partial charge in [-0.1, -0.05) is 23.2 Å². The van der Waals surface area contributed by atoms with Gasteiger partial charge in [0, 0.05) is 5.02 Å². The predicted molar refractivity (Wildman–Crippen MR) is 95.8 cm³/mol. The molecule has 0 aliphatic heterocycles. The van der Waals surface area contributed by atoms with E-state index in [0.717, 1.165) is 18.4 Å². The Hall–Kier alpha value is -3.17. The minimum atomic E-state index is -1.16. The van der Waals surface area contributed by atoms with Crippen LogP contribution in [-0.2, 0) is 0 Å². The minimum Gasteiger partial charge on any atom is -0.462 e. The summed E-state index contributed by atoms with van der Waals surface area (Å²) >= 11 is 11.8. The lowest BCUT2D eigenvalue weighted by molar-refractivity contribution is -0.386. The lowest BCUT2D eigenvalue weighted by Gasteiger charge is -2.02. The highest BCUT2D eigenvalue weighted by Gasteiger charge is 2.19. The van der Waals surface area contributed by atoms with Gasteiger partial charge in [-0.2, -0.15) is 0 Å². The molecule has 0 bridgehead atoms. The SMILES string of the molecule is O=c1[nH]c(/C=C/c2coc3c(Cl)cc(Cl)cc3c2=O)c([N+](=O)[O-])c(=O)[nH]1. The van der Waals surface area contributed by atoms with Crippen LogP contribution in [-0.4, -0.2) is 14.9 Å². The molecule has 132 valence electrons. The molecule has 0 saturated heterocycles. The van der Waals surface area contributed by atoms with Gasteiger partial charge in [0.2, 0.25) is 0 Å². The fourth-order valence-electron chi connectivity index (χ4n) is 2.27. The lowest BCUT2D eigenvalue weighted by atomic mass is 10.1. The van der Waals surface area contributed by atoms with E-state index in [1.807, 2.05) is 0 Å². The van der Waals surface area contributed by atoms with Crippen molar-refractivity contribution in [3.63, 3.8) is 0 Å². The molecular formula is C15H7Cl2N3O6. The van der Waals surface area contributed by atoms with Crippen LogP contribution in [0.15, 0.2) is 37.2 Å². The van der Waals surface area contributed by atoms with Crippen LogP contribution in [0.1, 0.15) is 11.3 Å². The summed E-state index contributed by atoms with van der Waals surface area (Å²) in [7, 11) is 0. The van der Waals surface area contributed by atoms with E-state index in [1.165, 1.54) is 12.1 Å². The Morgan fingerprint density at radius 2 is 1.85 bits per heavy atom. The van der Waals surface area contributed by atoms with Crippen molar-refractivity contribution >= 4 is 52.0 Å². The average molecular weight is 396 g/mol. The number of nitrogens with zero attached hydrogens (tertiary/aromatic N) is 1. The fraction of sp³-hybridized carbons (Fsp3) is 0. The summed E-state index contributed by atoms with van der Waals surface area (Å²) < 4.78 is 5.31. The molecule has 2 heterocycles. The Labute approximate surface area is 152 Å². The molecular weight excluding hydrogens is 389 g/mol. The summed E-state index contributed by atoms with van der Waals surface area (Å²) in [6.45, 7) is 0. The molecule has 0 unspecified atom stereocenters. The molecule has 9 nitrogen and oxygen atoms in total. The molecule has 2 aromatic heterocycles. The van der Waals surface area contributed by atoms with Gasteiger partial charge in [-0.25, -0.2) is 4.79 Å². The van der Waals surface area contributed by atoms with E-state index in [2.05, 4.69) is 4.98 Å². The minimum absolute atomic E-state index is 0.00580. The standard InChI is InChI=1S/C15H7Cl2N3O6/c16-7-3-8-12(21)6(5-26-13(8)9(17)4-7)1-2-10-11(20(24)25)14(22)19-15(23)18-10/h1-5H,(H2,18,19,22,23)/b2-1+. The molecule has 0 saturated carbocycles. The zero-order chi connectivity index (χ0) is 19.0. The van der Waals surface area contributed by atoms with E-state index in [1.54, 1.807) is 4.98 Å². The third-order valence-electron chi connectivity index (χ3n) is 3.38. The molecule has 0 amide bonds. The first-order valence-electron chi connectivity index (χ1n) is 6.87. The van der Waals surface area contributed by atoms with Crippen LogP contribution < -0.4 is 16.7 Å². The van der Waals surface area contributed by atoms with Crippen LogP contribution in [0.25, 0.3) is 23.1 Å². The van der Waals surface area contributed by atoms with Crippen LogP contribution in [0.5, 0.6) is 0 Å². The molecule has 0 aliphatic rings. The maximum Gasteiger partial charge on any atom is 0.357 e. The molecule has 2 N–H and O–H groups in total. The van der Waals surface area contributed by atoms with Crippen LogP contribution in [0.3, 0.4) is 0 Å². The van der Waals surface area contributed by atoms with Gasteiger partial charge < -0.3 is 9.40 Å². The molecule has 3 rings (SSSR count). The number of aromatic amines is 2. The summed E-state index contributed by atoms with van der Waals surface area (Å²) in [5, 5.41) is 11.5. The van der Waals surface area contributed by atoms with Gasteiger partial charge in [0.1, 0.15) is 12.0 Å². The van der Waals surface area contributed by atoms with E-state index < -0.39 is 27.3 Å². The van der Waals surface area contributed by atoms with Gasteiger partial charge in [-0.3, -0.25) is 24.7 Å². The number of halogens is 2. The Balaban J connectivity index is 2.18. The normalized spacial score (nSPS) is 11.3. The quantitative estimate of drug-likeness (QED) is 0.515. The summed E-state index contributed by atoms with van der Waals surface area (Å²) in [6.07, 6.45) is 3.31. The molecule has 3 aromatic rings. The average Bonchev–Trinajstić information content (AvgIpc) is 2.53. The monoisotopic (exact) mass is 395 g/mol. The molecule has 26 heavy (non-hydrogen) atoms. The second-order valence-electron chi connectivity index (χ2n) is 5.05. The van der Waals surface area contributed by atoms with Crippen LogP contribution in [0.4, 0.5) is 5.69 Å². The fourth-order valence-corrected chi connectivity index (χ4v) is 2.81. The van der Waals surface area contributed by atoms with E-state index in [4.69, 9.17) is 27.6 Å². The van der Waals surface area contributed by atoms with Crippen molar-refractivity contribution in [2.24, 2.45) is 0 Å². The number of nitro groups is 1. The maximum atomic E-state index is 12.5. The Bertz CT molecular complexity index is 1250. The van der Waals surface area contributed by atoms with Crippen molar-refractivity contribution in [2.75, 3.05) is 0 Å². The van der Waals surface area contributed by atoms with E-state index in [0.29, 0.717) is 0 Å². The Kier molecular flexibility index (Phi) is 4.49. The second-order valence-corrected chi connectivity index (χ2v) is 5.89. The number of nitrogens with one attached hydrogen (secondary N) is 2. The first-order chi connectivity index (χ1) is 12.3. The zero-order valence-corrected chi connectivity index (χ0v) is 14.1. The highest BCUT2D eigenvalue weighted by Crippen LogP contribution is 2.26. The number of aromatic nitrogens is 2. The molecule has 1 aromatic carbocycles. The van der Waals surface area contributed by atoms with E-state index in [9.17, 15) is 24.5 Å². The predicted octanol–water partition coefficient (Wildman–Crippen LogP) is 2.56. The number of hydrogen-bond donors (Lipinski definition) is 2. The number of rotatable bonds is 3. The topological polar surface area (TPSA) is 139 Å². The third kappa shape index (κ3) is 3.17. The molecule has 0 aliphatic carbocycles. The van der Waals surface area contributed by atoms with E-state index in [-0.39, 0.29) is 32.3 Å². The van der Waals surface area contributed by atoms with Gasteiger partial charge >= 0.3 is 16.9 Å². The van der Waals surface area contributed by atoms with Gasteiger partial charge in [-0.05, 0) is 24.3 Å². The van der Waals surface area contributed by atoms with Gasteiger partial charge in [-0.15, -0.1) is 0 Å². The molecule has 0 spiro atoms. The van der Waals surface area contributed by atoms with Crippen LogP contribution in [0, 0.1) is 10.1 Å². The van der Waals surface area contributed by atoms with Crippen LogP contribution in [0.2, 0.25) is 10.0 Å². The van der Waals surface area contributed by atoms with Crippen molar-refractivity contribution < 1.29 is 9.34 Å². The van der Waals surface area contributed by atoms with Gasteiger partial charge in [0.25, 0.3) is 0 Å². The number of benzene rings is 1. The maximum absolute atomic E-state index is 12.5. The molecule has 11 heteroatoms. The molecule has 0 radical (unpaired) electrons. The lowest BCUT2D eigenvalue weighted by Crippen LogP contribution is -2.25. The zero-order valence-electron chi connectivity index (χ0n) is 12.5. The number of hydrogen-bond acceptors (Lipinski definition) is 6. The third-order valence-corrected chi connectivity index (χ3v) is 3.88. The summed E-state index contributed by atoms with van der Waals surface area (Å²) in [6, 6.07) is 2.78. The summed E-state index contributed by atoms with van der Waals surface area (Å²) in [5.74, 6) is 0. The Morgan fingerprint density at radius 1 is 1.12 bits per heavy atom. The smallest absolute Gasteiger partial charge is 0.357 e. The van der Waals surface area contributed by atoms with Gasteiger partial charge in [0.05, 0.1) is 20.9 Å². The van der Waals surface area contributed by atoms with Crippen molar-refractivity contribution in [3.8, 4) is 0 Å². The Morgan fingerprint density at radius 3 is 2.54 bits per heavy atom. The van der Waals surface area contributed by atoms with Crippen molar-refractivity contribution in [2.45, 2.75) is 0 Å². The second kappa shape index (κ2) is 6.62. The first kappa shape index (κ1) is 17.6. The molecule has 0 fully saturated rings. The largest absolute Gasteiger partial charge is 0.462 e. The van der Waals surface area contributed by atoms with Crippen molar-refractivity contribution in [1.82, 2.24) is 9.97 Å². The van der Waals surface area contributed by atoms with E-state index >= 15 is 0 Å². The summed E-state index contributed by atoms with van der Waals surface area (Å²) in [4.78, 5) is 49.3. The van der Waals surface area contributed by atoms with Crippen molar-refractivity contribution in [3.05, 3.63) is 80.9 Å². The first-order valence-corrected chi connectivity index (χ1v) is 7.63. The summed E-state index contributed by atoms with van der Waals surface area (Å²) in [5.41, 5.74) is -3.68. The highest BCUT2D eigenvalue weighted by molar-refractivity contribution is 6.38. The number of fused-ring (bicyclic) bond motifs is 1. The van der Waals surface area contributed by atoms with Crippen LogP contribution >= 0.6 is 23.2 Å².